The largest absolute Gasteiger partial charge is 0.351 e. The highest BCUT2D eigenvalue weighted by molar-refractivity contribution is 5.78. The van der Waals surface area contributed by atoms with E-state index < -0.39 is 0 Å². The smallest absolute Gasteiger partial charge is 0.234 e. The van der Waals surface area contributed by atoms with Gasteiger partial charge in [-0.3, -0.25) is 14.6 Å². The summed E-state index contributed by atoms with van der Waals surface area (Å²) in [6.45, 7) is 8.64. The van der Waals surface area contributed by atoms with E-state index in [2.05, 4.69) is 66.5 Å². The number of nitrogens with zero attached hydrogens (tertiary/aromatic N) is 2. The highest BCUT2D eigenvalue weighted by Crippen LogP contribution is 2.25. The first-order chi connectivity index (χ1) is 13.5. The Morgan fingerprint density at radius 1 is 1.07 bits per heavy atom. The molecule has 3 rings (SSSR count). The maximum atomic E-state index is 12.2. The summed E-state index contributed by atoms with van der Waals surface area (Å²) in [6.07, 6.45) is 2.65. The average Bonchev–Trinajstić information content (AvgIpc) is 3.20. The number of likely N-dealkylation sites (tertiary alicyclic amines) is 1. The van der Waals surface area contributed by atoms with Gasteiger partial charge in [0.1, 0.15) is 0 Å². The van der Waals surface area contributed by atoms with E-state index in [-0.39, 0.29) is 5.91 Å². The number of rotatable bonds is 8. The summed E-state index contributed by atoms with van der Waals surface area (Å²) in [5.41, 5.74) is 4.91. The molecule has 1 fully saturated rings. The Morgan fingerprint density at radius 2 is 1.75 bits per heavy atom. The predicted octanol–water partition coefficient (Wildman–Crippen LogP) is 3.91. The van der Waals surface area contributed by atoms with Crippen LogP contribution >= 0.6 is 0 Å². The summed E-state index contributed by atoms with van der Waals surface area (Å²) < 4.78 is 0. The first-order valence-electron chi connectivity index (χ1n) is 10.4. The molecule has 2 aromatic rings. The lowest BCUT2D eigenvalue weighted by atomic mass is 9.98. The van der Waals surface area contributed by atoms with Crippen molar-refractivity contribution in [2.45, 2.75) is 45.8 Å². The molecular weight excluding hydrogens is 346 g/mol. The molecule has 1 aliphatic rings. The van der Waals surface area contributed by atoms with Crippen molar-refractivity contribution in [3.05, 3.63) is 59.7 Å². The second-order valence-corrected chi connectivity index (χ2v) is 8.12. The number of carbonyl (C=O) groups is 1. The summed E-state index contributed by atoms with van der Waals surface area (Å²) in [5.74, 6) is 0.0620. The van der Waals surface area contributed by atoms with Crippen LogP contribution in [0, 0.1) is 0 Å². The quantitative estimate of drug-likeness (QED) is 0.755. The van der Waals surface area contributed by atoms with E-state index in [1.807, 2.05) is 18.0 Å². The molecule has 28 heavy (non-hydrogen) atoms. The fourth-order valence-corrected chi connectivity index (χ4v) is 3.60. The van der Waals surface area contributed by atoms with Crippen molar-refractivity contribution in [3.63, 3.8) is 0 Å². The maximum Gasteiger partial charge on any atom is 0.234 e. The van der Waals surface area contributed by atoms with Gasteiger partial charge in [-0.15, -0.1) is 0 Å². The van der Waals surface area contributed by atoms with Crippen LogP contribution in [0.4, 0.5) is 0 Å². The van der Waals surface area contributed by atoms with Crippen molar-refractivity contribution in [2.24, 2.45) is 0 Å². The molecule has 1 saturated heterocycles. The van der Waals surface area contributed by atoms with E-state index in [1.165, 1.54) is 42.6 Å². The van der Waals surface area contributed by atoms with Crippen molar-refractivity contribution in [1.82, 2.24) is 15.1 Å². The number of benzene rings is 2. The Kier molecular flexibility index (Phi) is 7.24. The third kappa shape index (κ3) is 5.66. The Labute approximate surface area is 169 Å². The minimum Gasteiger partial charge on any atom is -0.351 e. The van der Waals surface area contributed by atoms with Gasteiger partial charge in [-0.1, -0.05) is 48.5 Å². The van der Waals surface area contributed by atoms with Crippen LogP contribution in [0.3, 0.4) is 0 Å². The predicted molar refractivity (Wildman–Crippen MR) is 116 cm³/mol. The summed E-state index contributed by atoms with van der Waals surface area (Å²) >= 11 is 0. The summed E-state index contributed by atoms with van der Waals surface area (Å²) in [4.78, 5) is 16.8. The van der Waals surface area contributed by atoms with Crippen molar-refractivity contribution >= 4 is 5.91 Å². The molecule has 1 heterocycles. The maximum absolute atomic E-state index is 12.2. The van der Waals surface area contributed by atoms with Crippen molar-refractivity contribution in [1.29, 1.82) is 0 Å². The van der Waals surface area contributed by atoms with Gasteiger partial charge >= 0.3 is 0 Å². The lowest BCUT2D eigenvalue weighted by Gasteiger charge is -2.20. The molecule has 2 aromatic carbocycles. The molecule has 1 aliphatic heterocycles. The third-order valence-electron chi connectivity index (χ3n) is 5.64. The molecule has 4 heteroatoms. The van der Waals surface area contributed by atoms with Crippen LogP contribution in [-0.2, 0) is 17.9 Å². The Morgan fingerprint density at radius 3 is 2.43 bits per heavy atom. The van der Waals surface area contributed by atoms with Gasteiger partial charge in [0.15, 0.2) is 0 Å². The van der Waals surface area contributed by atoms with Crippen molar-refractivity contribution < 1.29 is 4.79 Å². The van der Waals surface area contributed by atoms with E-state index in [0.29, 0.717) is 19.1 Å². The summed E-state index contributed by atoms with van der Waals surface area (Å²) in [7, 11) is 1.97. The van der Waals surface area contributed by atoms with E-state index in [4.69, 9.17) is 0 Å². The third-order valence-corrected chi connectivity index (χ3v) is 5.64. The molecule has 0 radical (unpaired) electrons. The number of hydrogen-bond donors (Lipinski definition) is 1. The van der Waals surface area contributed by atoms with Crippen LogP contribution < -0.4 is 5.32 Å². The highest BCUT2D eigenvalue weighted by Gasteiger charge is 2.13. The van der Waals surface area contributed by atoms with Gasteiger partial charge in [-0.2, -0.15) is 0 Å². The van der Waals surface area contributed by atoms with Crippen LogP contribution in [0.15, 0.2) is 48.5 Å². The topological polar surface area (TPSA) is 35.6 Å². The second-order valence-electron chi connectivity index (χ2n) is 8.12. The molecule has 0 spiro atoms. The molecular formula is C24H33N3O. The Balaban J connectivity index is 1.63. The minimum absolute atomic E-state index is 0.0620. The van der Waals surface area contributed by atoms with Gasteiger partial charge in [-0.05, 0) is 69.1 Å². The zero-order chi connectivity index (χ0) is 19.9. The summed E-state index contributed by atoms with van der Waals surface area (Å²) in [5, 5.41) is 3.07. The number of amides is 1. The van der Waals surface area contributed by atoms with E-state index in [9.17, 15) is 4.79 Å². The highest BCUT2D eigenvalue weighted by atomic mass is 16.2. The van der Waals surface area contributed by atoms with Crippen molar-refractivity contribution in [3.8, 4) is 11.1 Å². The number of likely N-dealkylation sites (N-methyl/N-ethyl adjacent to an activating group) is 1. The zero-order valence-electron chi connectivity index (χ0n) is 17.4. The van der Waals surface area contributed by atoms with Crippen LogP contribution in [-0.4, -0.2) is 48.4 Å². The summed E-state index contributed by atoms with van der Waals surface area (Å²) in [6, 6.07) is 17.6. The molecule has 0 unspecified atom stereocenters. The molecule has 0 aliphatic carbocycles. The van der Waals surface area contributed by atoms with E-state index in [1.54, 1.807) is 0 Å². The fourth-order valence-electron chi connectivity index (χ4n) is 3.60. The number of nitrogens with one attached hydrogen (secondary N) is 1. The Bertz CT molecular complexity index is 764. The van der Waals surface area contributed by atoms with Gasteiger partial charge < -0.3 is 5.32 Å². The van der Waals surface area contributed by atoms with E-state index >= 15 is 0 Å². The van der Waals surface area contributed by atoms with Crippen LogP contribution in [0.1, 0.15) is 37.8 Å². The SMILES string of the molecule is CC(C)N(C)CC(=O)NCc1ccccc1-c1ccc(CN2CCCC2)cc1. The number of carbonyl (C=O) groups excluding carboxylic acids is 1. The van der Waals surface area contributed by atoms with Crippen LogP contribution in [0.25, 0.3) is 11.1 Å². The standard InChI is InChI=1S/C24H33N3O/c1-19(2)26(3)18-24(28)25-16-22-8-4-5-9-23(22)21-12-10-20(11-13-21)17-27-14-6-7-15-27/h4-5,8-13,19H,6-7,14-18H2,1-3H3,(H,25,28). The monoisotopic (exact) mass is 379 g/mol. The van der Waals surface area contributed by atoms with Gasteiger partial charge in [-0.25, -0.2) is 0 Å². The fraction of sp³-hybridized carbons (Fsp3) is 0.458. The molecule has 150 valence electrons. The average molecular weight is 380 g/mol. The van der Waals surface area contributed by atoms with Gasteiger partial charge in [0.25, 0.3) is 0 Å². The molecule has 1 N–H and O–H groups in total. The van der Waals surface area contributed by atoms with Gasteiger partial charge in [0.05, 0.1) is 6.54 Å². The molecule has 0 atom stereocenters. The van der Waals surface area contributed by atoms with E-state index in [0.717, 1.165) is 12.1 Å². The first kappa shape index (κ1) is 20.6. The van der Waals surface area contributed by atoms with Crippen molar-refractivity contribution in [2.75, 3.05) is 26.7 Å². The zero-order valence-corrected chi connectivity index (χ0v) is 17.4. The minimum atomic E-state index is 0.0620. The van der Waals surface area contributed by atoms with Crippen LogP contribution in [0.5, 0.6) is 0 Å². The first-order valence-corrected chi connectivity index (χ1v) is 10.4. The number of hydrogen-bond acceptors (Lipinski definition) is 3. The molecule has 1 amide bonds. The Hall–Kier alpha value is -2.17. The molecule has 4 nitrogen and oxygen atoms in total. The molecule has 0 saturated carbocycles. The van der Waals surface area contributed by atoms with Crippen LogP contribution in [0.2, 0.25) is 0 Å². The van der Waals surface area contributed by atoms with Gasteiger partial charge in [0, 0.05) is 19.1 Å². The lowest BCUT2D eigenvalue weighted by Crippen LogP contribution is -2.38. The molecule has 0 aromatic heterocycles. The normalized spacial score (nSPS) is 14.8. The van der Waals surface area contributed by atoms with Gasteiger partial charge in [0.2, 0.25) is 5.91 Å². The second kappa shape index (κ2) is 9.85. The molecule has 0 bridgehead atoms. The lowest BCUT2D eigenvalue weighted by molar-refractivity contribution is -0.122.